The number of rotatable bonds is 6. The Labute approximate surface area is 112 Å². The predicted molar refractivity (Wildman–Crippen MR) is 74.3 cm³/mol. The number of benzene rings is 2. The van der Waals surface area contributed by atoms with Gasteiger partial charge in [-0.25, -0.2) is 4.39 Å². The molecule has 0 bridgehead atoms. The molecule has 19 heavy (non-hydrogen) atoms. The van der Waals surface area contributed by atoms with E-state index in [0.29, 0.717) is 19.5 Å². The first-order valence-electron chi connectivity index (χ1n) is 6.41. The molecule has 1 unspecified atom stereocenters. The normalized spacial score (nSPS) is 12.3. The van der Waals surface area contributed by atoms with Gasteiger partial charge in [-0.15, -0.1) is 0 Å². The number of hydrogen-bond acceptors (Lipinski definition) is 2. The Bertz CT molecular complexity index is 501. The Morgan fingerprint density at radius 2 is 1.74 bits per heavy atom. The Morgan fingerprint density at radius 1 is 1.00 bits per heavy atom. The summed E-state index contributed by atoms with van der Waals surface area (Å²) in [6, 6.07) is 16.3. The molecule has 0 saturated carbocycles. The molecule has 0 aliphatic heterocycles. The highest BCUT2D eigenvalue weighted by Gasteiger charge is 2.05. The minimum atomic E-state index is -0.434. The van der Waals surface area contributed by atoms with Crippen LogP contribution in [0.25, 0.3) is 0 Å². The lowest BCUT2D eigenvalue weighted by Gasteiger charge is -2.12. The van der Waals surface area contributed by atoms with Crippen molar-refractivity contribution in [2.45, 2.75) is 19.1 Å². The Morgan fingerprint density at radius 3 is 2.47 bits per heavy atom. The van der Waals surface area contributed by atoms with E-state index in [9.17, 15) is 9.50 Å². The van der Waals surface area contributed by atoms with Crippen molar-refractivity contribution >= 4 is 0 Å². The van der Waals surface area contributed by atoms with Gasteiger partial charge >= 0.3 is 0 Å². The quantitative estimate of drug-likeness (QED) is 0.835. The van der Waals surface area contributed by atoms with Crippen molar-refractivity contribution in [3.05, 3.63) is 71.5 Å². The van der Waals surface area contributed by atoms with Crippen LogP contribution in [0.5, 0.6) is 0 Å². The van der Waals surface area contributed by atoms with Crippen LogP contribution in [-0.2, 0) is 13.0 Å². The summed E-state index contributed by atoms with van der Waals surface area (Å²) in [4.78, 5) is 0. The lowest BCUT2D eigenvalue weighted by molar-refractivity contribution is 0.171. The number of nitrogens with one attached hydrogen (secondary N) is 1. The van der Waals surface area contributed by atoms with Gasteiger partial charge in [0.1, 0.15) is 5.82 Å². The summed E-state index contributed by atoms with van der Waals surface area (Å²) in [6.45, 7) is 1.05. The smallest absolute Gasteiger partial charge is 0.123 e. The lowest BCUT2D eigenvalue weighted by Crippen LogP contribution is -2.28. The summed E-state index contributed by atoms with van der Waals surface area (Å²) in [7, 11) is 0. The first-order chi connectivity index (χ1) is 9.24. The molecule has 2 nitrogen and oxygen atoms in total. The predicted octanol–water partition coefficient (Wildman–Crippen LogP) is 2.52. The van der Waals surface area contributed by atoms with Crippen LogP contribution >= 0.6 is 0 Å². The first kappa shape index (κ1) is 13.7. The molecule has 0 radical (unpaired) electrons. The zero-order valence-corrected chi connectivity index (χ0v) is 10.7. The average molecular weight is 259 g/mol. The highest BCUT2D eigenvalue weighted by molar-refractivity contribution is 5.17. The monoisotopic (exact) mass is 259 g/mol. The van der Waals surface area contributed by atoms with Crippen molar-refractivity contribution in [2.75, 3.05) is 6.54 Å². The molecule has 0 fully saturated rings. The fourth-order valence-corrected chi connectivity index (χ4v) is 1.99. The number of halogens is 1. The second-order valence-electron chi connectivity index (χ2n) is 4.60. The minimum absolute atomic E-state index is 0.232. The summed E-state index contributed by atoms with van der Waals surface area (Å²) in [5.74, 6) is -0.232. The summed E-state index contributed by atoms with van der Waals surface area (Å²) in [6.07, 6.45) is 0.188. The molecule has 0 aliphatic rings. The first-order valence-corrected chi connectivity index (χ1v) is 6.41. The van der Waals surface area contributed by atoms with E-state index in [1.807, 2.05) is 36.4 Å². The summed E-state index contributed by atoms with van der Waals surface area (Å²) in [5, 5.41) is 13.0. The van der Waals surface area contributed by atoms with E-state index in [1.165, 1.54) is 12.1 Å². The molecule has 3 heteroatoms. The molecule has 0 aliphatic carbocycles. The third-order valence-corrected chi connectivity index (χ3v) is 2.91. The van der Waals surface area contributed by atoms with Crippen LogP contribution in [0.15, 0.2) is 54.6 Å². The van der Waals surface area contributed by atoms with Gasteiger partial charge in [-0.3, -0.25) is 0 Å². The zero-order chi connectivity index (χ0) is 13.5. The fraction of sp³-hybridized carbons (Fsp3) is 0.250. The van der Waals surface area contributed by atoms with E-state index < -0.39 is 6.10 Å². The highest BCUT2D eigenvalue weighted by Crippen LogP contribution is 2.04. The fourth-order valence-electron chi connectivity index (χ4n) is 1.99. The van der Waals surface area contributed by atoms with E-state index in [4.69, 9.17) is 0 Å². The lowest BCUT2D eigenvalue weighted by atomic mass is 10.1. The van der Waals surface area contributed by atoms with Crippen LogP contribution in [-0.4, -0.2) is 17.8 Å². The maximum Gasteiger partial charge on any atom is 0.123 e. The molecular formula is C16H18FNO. The minimum Gasteiger partial charge on any atom is -0.391 e. The molecule has 2 aromatic rings. The van der Waals surface area contributed by atoms with E-state index >= 15 is 0 Å². The van der Waals surface area contributed by atoms with Gasteiger partial charge in [0.05, 0.1) is 6.10 Å². The molecule has 0 saturated heterocycles. The van der Waals surface area contributed by atoms with Crippen molar-refractivity contribution in [1.82, 2.24) is 5.32 Å². The Hall–Kier alpha value is -1.71. The van der Waals surface area contributed by atoms with E-state index in [0.717, 1.165) is 11.1 Å². The molecular weight excluding hydrogens is 241 g/mol. The Balaban J connectivity index is 1.73. The maximum absolute atomic E-state index is 13.0. The third kappa shape index (κ3) is 4.81. The molecule has 100 valence electrons. The van der Waals surface area contributed by atoms with Gasteiger partial charge in [0.2, 0.25) is 0 Å². The molecule has 0 amide bonds. The SMILES string of the molecule is OC(CNCc1cccc(F)c1)Cc1ccccc1. The van der Waals surface area contributed by atoms with Crippen LogP contribution in [0.1, 0.15) is 11.1 Å². The number of aliphatic hydroxyl groups is 1. The standard InChI is InChI=1S/C16H18FNO/c17-15-8-4-7-14(9-15)11-18-12-16(19)10-13-5-2-1-3-6-13/h1-9,16,18-19H,10-12H2. The number of hydrogen-bond donors (Lipinski definition) is 2. The maximum atomic E-state index is 13.0. The van der Waals surface area contributed by atoms with Gasteiger partial charge < -0.3 is 10.4 Å². The van der Waals surface area contributed by atoms with Gasteiger partial charge in [-0.2, -0.15) is 0 Å². The van der Waals surface area contributed by atoms with E-state index in [1.54, 1.807) is 6.07 Å². The van der Waals surface area contributed by atoms with Crippen molar-refractivity contribution < 1.29 is 9.50 Å². The van der Waals surface area contributed by atoms with Crippen LogP contribution in [0.2, 0.25) is 0 Å². The van der Waals surface area contributed by atoms with Gasteiger partial charge in [0.25, 0.3) is 0 Å². The molecule has 2 aromatic carbocycles. The molecule has 2 N–H and O–H groups in total. The van der Waals surface area contributed by atoms with Crippen molar-refractivity contribution in [2.24, 2.45) is 0 Å². The zero-order valence-electron chi connectivity index (χ0n) is 10.7. The van der Waals surface area contributed by atoms with E-state index in [2.05, 4.69) is 5.32 Å². The highest BCUT2D eigenvalue weighted by atomic mass is 19.1. The van der Waals surface area contributed by atoms with Gasteiger partial charge in [-0.05, 0) is 29.7 Å². The summed E-state index contributed by atoms with van der Waals surface area (Å²) >= 11 is 0. The summed E-state index contributed by atoms with van der Waals surface area (Å²) < 4.78 is 13.0. The van der Waals surface area contributed by atoms with Crippen molar-refractivity contribution in [3.63, 3.8) is 0 Å². The average Bonchev–Trinajstić information content (AvgIpc) is 2.40. The van der Waals surface area contributed by atoms with Crippen LogP contribution in [0.3, 0.4) is 0 Å². The van der Waals surface area contributed by atoms with Crippen LogP contribution < -0.4 is 5.32 Å². The second kappa shape index (κ2) is 7.02. The van der Waals surface area contributed by atoms with E-state index in [-0.39, 0.29) is 5.82 Å². The van der Waals surface area contributed by atoms with Gasteiger partial charge in [0.15, 0.2) is 0 Å². The Kier molecular flexibility index (Phi) is 5.07. The molecule has 0 aromatic heterocycles. The number of aliphatic hydroxyl groups excluding tert-OH is 1. The molecule has 0 spiro atoms. The second-order valence-corrected chi connectivity index (χ2v) is 4.60. The largest absolute Gasteiger partial charge is 0.391 e. The van der Waals surface area contributed by atoms with Crippen LogP contribution in [0.4, 0.5) is 4.39 Å². The molecule has 1 atom stereocenters. The summed E-state index contributed by atoms with van der Waals surface area (Å²) in [5.41, 5.74) is 1.99. The third-order valence-electron chi connectivity index (χ3n) is 2.91. The van der Waals surface area contributed by atoms with Crippen molar-refractivity contribution in [3.8, 4) is 0 Å². The molecule has 2 rings (SSSR count). The molecule has 0 heterocycles. The topological polar surface area (TPSA) is 32.3 Å². The van der Waals surface area contributed by atoms with Crippen LogP contribution in [0, 0.1) is 5.82 Å². The van der Waals surface area contributed by atoms with Gasteiger partial charge in [-0.1, -0.05) is 42.5 Å². The van der Waals surface area contributed by atoms with Crippen molar-refractivity contribution in [1.29, 1.82) is 0 Å². The van der Waals surface area contributed by atoms with Gasteiger partial charge in [0, 0.05) is 13.1 Å².